The highest BCUT2D eigenvalue weighted by Crippen LogP contribution is 2.30. The predicted octanol–water partition coefficient (Wildman–Crippen LogP) is 2.54. The molecule has 0 unspecified atom stereocenters. The van der Waals surface area contributed by atoms with Gasteiger partial charge >= 0.3 is 0 Å². The van der Waals surface area contributed by atoms with E-state index < -0.39 is 0 Å². The lowest BCUT2D eigenvalue weighted by Crippen LogP contribution is -2.38. The van der Waals surface area contributed by atoms with Gasteiger partial charge in [-0.05, 0) is 36.8 Å². The number of benzene rings is 1. The van der Waals surface area contributed by atoms with Crippen LogP contribution >= 0.6 is 0 Å². The summed E-state index contributed by atoms with van der Waals surface area (Å²) in [5.41, 5.74) is 2.16. The molecule has 0 saturated carbocycles. The van der Waals surface area contributed by atoms with Gasteiger partial charge in [-0.2, -0.15) is 0 Å². The average Bonchev–Trinajstić information content (AvgIpc) is 2.92. The Bertz CT molecular complexity index is 719. The molecule has 0 saturated heterocycles. The van der Waals surface area contributed by atoms with Crippen molar-refractivity contribution in [3.63, 3.8) is 0 Å². The fourth-order valence-electron chi connectivity index (χ4n) is 2.67. The number of hydrogen-bond donors (Lipinski definition) is 2. The molecule has 0 spiro atoms. The Hall–Kier alpha value is -2.76. The van der Waals surface area contributed by atoms with Gasteiger partial charge in [0.1, 0.15) is 0 Å². The Kier molecular flexibility index (Phi) is 6.70. The number of ether oxygens (including phenoxy) is 2. The van der Waals surface area contributed by atoms with E-state index in [9.17, 15) is 0 Å². The minimum absolute atomic E-state index is 0.579. The van der Waals surface area contributed by atoms with Crippen LogP contribution in [0.15, 0.2) is 47.6 Å². The van der Waals surface area contributed by atoms with Gasteiger partial charge in [0, 0.05) is 37.8 Å². The third kappa shape index (κ3) is 5.37. The molecule has 6 nitrogen and oxygen atoms in total. The SMILES string of the molecule is CCNC(=NCc1ccc2c(c1)OCCCO2)NCCc1ccccn1. The maximum Gasteiger partial charge on any atom is 0.191 e. The van der Waals surface area contributed by atoms with Crippen molar-refractivity contribution in [3.05, 3.63) is 53.9 Å². The van der Waals surface area contributed by atoms with Crippen LogP contribution in [0.1, 0.15) is 24.6 Å². The molecule has 0 radical (unpaired) electrons. The fourth-order valence-corrected chi connectivity index (χ4v) is 2.67. The number of nitrogens with one attached hydrogen (secondary N) is 2. The van der Waals surface area contributed by atoms with E-state index in [-0.39, 0.29) is 0 Å². The number of hydrogen-bond acceptors (Lipinski definition) is 4. The molecular weight excluding hydrogens is 328 g/mol. The molecule has 0 bridgehead atoms. The zero-order valence-corrected chi connectivity index (χ0v) is 15.2. The lowest BCUT2D eigenvalue weighted by Gasteiger charge is -2.12. The monoisotopic (exact) mass is 354 g/mol. The Balaban J connectivity index is 1.57. The maximum absolute atomic E-state index is 5.75. The minimum Gasteiger partial charge on any atom is -0.490 e. The number of nitrogens with zero attached hydrogens (tertiary/aromatic N) is 2. The first-order chi connectivity index (χ1) is 12.8. The molecule has 2 N–H and O–H groups in total. The van der Waals surface area contributed by atoms with Gasteiger partial charge in [-0.3, -0.25) is 4.98 Å². The number of rotatable bonds is 6. The molecule has 0 atom stereocenters. The number of aromatic nitrogens is 1. The molecule has 2 heterocycles. The van der Waals surface area contributed by atoms with Crippen molar-refractivity contribution < 1.29 is 9.47 Å². The van der Waals surface area contributed by atoms with Crippen LogP contribution in [0, 0.1) is 0 Å². The molecule has 26 heavy (non-hydrogen) atoms. The van der Waals surface area contributed by atoms with Crippen LogP contribution in [0.2, 0.25) is 0 Å². The topological polar surface area (TPSA) is 67.8 Å². The van der Waals surface area contributed by atoms with Gasteiger partial charge in [-0.1, -0.05) is 12.1 Å². The van der Waals surface area contributed by atoms with E-state index in [1.54, 1.807) is 0 Å². The van der Waals surface area contributed by atoms with Crippen LogP contribution < -0.4 is 20.1 Å². The van der Waals surface area contributed by atoms with Crippen LogP contribution in [-0.4, -0.2) is 37.2 Å². The molecule has 0 fully saturated rings. The highest BCUT2D eigenvalue weighted by atomic mass is 16.5. The van der Waals surface area contributed by atoms with E-state index >= 15 is 0 Å². The number of pyridine rings is 1. The molecule has 1 aromatic carbocycles. The Morgan fingerprint density at radius 1 is 1.12 bits per heavy atom. The van der Waals surface area contributed by atoms with E-state index in [0.29, 0.717) is 19.8 Å². The third-order valence-electron chi connectivity index (χ3n) is 3.98. The third-order valence-corrected chi connectivity index (χ3v) is 3.98. The van der Waals surface area contributed by atoms with Gasteiger partial charge < -0.3 is 20.1 Å². The zero-order valence-electron chi connectivity index (χ0n) is 15.2. The number of aliphatic imine (C=N–C) groups is 1. The summed E-state index contributed by atoms with van der Waals surface area (Å²) in [5, 5.41) is 6.63. The maximum atomic E-state index is 5.75. The molecular formula is C20H26N4O2. The molecule has 0 aliphatic carbocycles. The van der Waals surface area contributed by atoms with E-state index in [1.165, 1.54) is 0 Å². The molecule has 3 rings (SSSR count). The number of guanidine groups is 1. The van der Waals surface area contributed by atoms with Crippen LogP contribution in [0.4, 0.5) is 0 Å². The van der Waals surface area contributed by atoms with Crippen LogP contribution in [-0.2, 0) is 13.0 Å². The molecule has 1 aliphatic rings. The minimum atomic E-state index is 0.579. The summed E-state index contributed by atoms with van der Waals surface area (Å²) in [5.74, 6) is 2.43. The quantitative estimate of drug-likeness (QED) is 0.616. The summed E-state index contributed by atoms with van der Waals surface area (Å²) in [6.07, 6.45) is 3.58. The molecule has 2 aromatic rings. The Morgan fingerprint density at radius 3 is 2.81 bits per heavy atom. The summed E-state index contributed by atoms with van der Waals surface area (Å²) in [7, 11) is 0. The van der Waals surface area contributed by atoms with Crippen molar-refractivity contribution in [1.82, 2.24) is 15.6 Å². The van der Waals surface area contributed by atoms with Crippen LogP contribution in [0.25, 0.3) is 0 Å². The second kappa shape index (κ2) is 9.65. The molecule has 1 aliphatic heterocycles. The summed E-state index contributed by atoms with van der Waals surface area (Å²) in [6, 6.07) is 12.0. The number of fused-ring (bicyclic) bond motifs is 1. The largest absolute Gasteiger partial charge is 0.490 e. The van der Waals surface area contributed by atoms with E-state index in [4.69, 9.17) is 9.47 Å². The fraction of sp³-hybridized carbons (Fsp3) is 0.400. The van der Waals surface area contributed by atoms with Gasteiger partial charge in [-0.25, -0.2) is 4.99 Å². The van der Waals surface area contributed by atoms with Gasteiger partial charge in [0.05, 0.1) is 19.8 Å². The smallest absolute Gasteiger partial charge is 0.191 e. The van der Waals surface area contributed by atoms with Crippen molar-refractivity contribution in [1.29, 1.82) is 0 Å². The van der Waals surface area contributed by atoms with Gasteiger partial charge in [0.2, 0.25) is 0 Å². The Labute approximate surface area is 154 Å². The van der Waals surface area contributed by atoms with E-state index in [1.807, 2.05) is 42.6 Å². The summed E-state index contributed by atoms with van der Waals surface area (Å²) >= 11 is 0. The van der Waals surface area contributed by atoms with E-state index in [0.717, 1.165) is 54.6 Å². The van der Waals surface area contributed by atoms with Gasteiger partial charge in [0.15, 0.2) is 17.5 Å². The molecule has 6 heteroatoms. The normalized spacial score (nSPS) is 13.8. The van der Waals surface area contributed by atoms with Gasteiger partial charge in [0.25, 0.3) is 0 Å². The van der Waals surface area contributed by atoms with Crippen molar-refractivity contribution in [3.8, 4) is 11.5 Å². The highest BCUT2D eigenvalue weighted by Gasteiger charge is 2.10. The van der Waals surface area contributed by atoms with Gasteiger partial charge in [-0.15, -0.1) is 0 Å². The summed E-state index contributed by atoms with van der Waals surface area (Å²) in [4.78, 5) is 9.00. The van der Waals surface area contributed by atoms with Crippen LogP contribution in [0.5, 0.6) is 11.5 Å². The Morgan fingerprint density at radius 2 is 2.00 bits per heavy atom. The first-order valence-corrected chi connectivity index (χ1v) is 9.16. The van der Waals surface area contributed by atoms with Crippen LogP contribution in [0.3, 0.4) is 0 Å². The second-order valence-corrected chi connectivity index (χ2v) is 6.02. The molecule has 138 valence electrons. The molecule has 1 aromatic heterocycles. The van der Waals surface area contributed by atoms with Crippen molar-refractivity contribution in [2.75, 3.05) is 26.3 Å². The van der Waals surface area contributed by atoms with Crippen molar-refractivity contribution >= 4 is 5.96 Å². The lowest BCUT2D eigenvalue weighted by atomic mass is 10.2. The zero-order chi connectivity index (χ0) is 18.0. The second-order valence-electron chi connectivity index (χ2n) is 6.02. The summed E-state index contributed by atoms with van der Waals surface area (Å²) in [6.45, 7) is 5.63. The standard InChI is InChI=1S/C20H26N4O2/c1-2-21-20(23-11-9-17-6-3-4-10-22-17)24-15-16-7-8-18-19(14-16)26-13-5-12-25-18/h3-4,6-8,10,14H,2,5,9,11-13,15H2,1H3,(H2,21,23,24). The average molecular weight is 354 g/mol. The van der Waals surface area contributed by atoms with Crippen molar-refractivity contribution in [2.24, 2.45) is 4.99 Å². The van der Waals surface area contributed by atoms with Crippen molar-refractivity contribution in [2.45, 2.75) is 26.3 Å². The lowest BCUT2D eigenvalue weighted by molar-refractivity contribution is 0.297. The highest BCUT2D eigenvalue weighted by molar-refractivity contribution is 5.79. The van der Waals surface area contributed by atoms with E-state index in [2.05, 4.69) is 27.5 Å². The first kappa shape index (κ1) is 18.0. The first-order valence-electron chi connectivity index (χ1n) is 9.16. The summed E-state index contributed by atoms with van der Waals surface area (Å²) < 4.78 is 11.4. The predicted molar refractivity (Wildman–Crippen MR) is 103 cm³/mol. The molecule has 0 amide bonds.